The van der Waals surface area contributed by atoms with Crippen LogP contribution in [0.3, 0.4) is 0 Å². The van der Waals surface area contributed by atoms with Gasteiger partial charge in [0, 0.05) is 5.56 Å². The number of rotatable bonds is 4. The van der Waals surface area contributed by atoms with Crippen LogP contribution in [0, 0.1) is 5.41 Å². The Morgan fingerprint density at radius 2 is 2.04 bits per heavy atom. The van der Waals surface area contributed by atoms with E-state index in [0.717, 1.165) is 16.8 Å². The van der Waals surface area contributed by atoms with Crippen molar-refractivity contribution in [1.82, 2.24) is 9.97 Å². The Hall–Kier alpha value is -2.14. The highest BCUT2D eigenvalue weighted by atomic mass is 16.6. The molecule has 2 N–H and O–H groups in total. The fourth-order valence-electron chi connectivity index (χ4n) is 2.79. The maximum absolute atomic E-state index is 12.6. The fraction of sp³-hybridized carbons (Fsp3) is 0.444. The smallest absolute Gasteiger partial charge is 0.315 e. The molecule has 2 aromatic rings. The van der Waals surface area contributed by atoms with Gasteiger partial charge in [0.1, 0.15) is 5.60 Å². The van der Waals surface area contributed by atoms with E-state index in [2.05, 4.69) is 9.97 Å². The number of imidazole rings is 1. The van der Waals surface area contributed by atoms with Crippen molar-refractivity contribution in [2.24, 2.45) is 5.41 Å². The van der Waals surface area contributed by atoms with E-state index in [1.54, 1.807) is 12.5 Å². The van der Waals surface area contributed by atoms with Gasteiger partial charge in [-0.2, -0.15) is 0 Å². The van der Waals surface area contributed by atoms with Gasteiger partial charge in [0.15, 0.2) is 0 Å². The van der Waals surface area contributed by atoms with E-state index >= 15 is 0 Å². The number of hydrogen-bond donors (Lipinski definition) is 2. The molecule has 1 saturated carbocycles. The molecule has 0 aliphatic heterocycles. The molecule has 1 atom stereocenters. The summed E-state index contributed by atoms with van der Waals surface area (Å²) in [6.45, 7) is 5.52. The van der Waals surface area contributed by atoms with E-state index in [1.165, 1.54) is 0 Å². The van der Waals surface area contributed by atoms with Gasteiger partial charge < -0.3 is 14.8 Å². The Morgan fingerprint density at radius 1 is 1.35 bits per heavy atom. The van der Waals surface area contributed by atoms with Crippen molar-refractivity contribution < 1.29 is 14.6 Å². The molecule has 0 amide bonds. The average molecular weight is 314 g/mol. The van der Waals surface area contributed by atoms with Crippen LogP contribution in [-0.2, 0) is 9.53 Å². The Labute approximate surface area is 135 Å². The molecule has 5 heteroatoms. The average Bonchev–Trinajstić information content (AvgIpc) is 3.13. The highest BCUT2D eigenvalue weighted by molar-refractivity contribution is 5.82. The summed E-state index contributed by atoms with van der Waals surface area (Å²) in [5.74, 6) is -0.322. The first-order valence-electron chi connectivity index (χ1n) is 7.83. The minimum absolute atomic E-state index is 0.322. The summed E-state index contributed by atoms with van der Waals surface area (Å²) >= 11 is 0. The van der Waals surface area contributed by atoms with Gasteiger partial charge in [-0.15, -0.1) is 0 Å². The van der Waals surface area contributed by atoms with Crippen LogP contribution in [0.5, 0.6) is 0 Å². The van der Waals surface area contributed by atoms with Gasteiger partial charge in [-0.25, -0.2) is 4.98 Å². The van der Waals surface area contributed by atoms with Crippen LogP contribution < -0.4 is 0 Å². The lowest BCUT2D eigenvalue weighted by Gasteiger charge is -2.27. The van der Waals surface area contributed by atoms with E-state index in [-0.39, 0.29) is 5.97 Å². The summed E-state index contributed by atoms with van der Waals surface area (Å²) < 4.78 is 5.52. The Morgan fingerprint density at radius 3 is 2.61 bits per heavy atom. The maximum Gasteiger partial charge on any atom is 0.315 e. The van der Waals surface area contributed by atoms with Crippen LogP contribution in [-0.4, -0.2) is 26.6 Å². The van der Waals surface area contributed by atoms with Crippen molar-refractivity contribution in [3.63, 3.8) is 0 Å². The summed E-state index contributed by atoms with van der Waals surface area (Å²) in [6, 6.07) is 7.53. The summed E-state index contributed by atoms with van der Waals surface area (Å²) in [7, 11) is 0. The third kappa shape index (κ3) is 3.01. The normalized spacial score (nSPS) is 17.6. The van der Waals surface area contributed by atoms with Crippen molar-refractivity contribution in [3.8, 4) is 11.3 Å². The van der Waals surface area contributed by atoms with E-state index in [4.69, 9.17) is 4.74 Å². The maximum atomic E-state index is 12.6. The molecule has 1 fully saturated rings. The van der Waals surface area contributed by atoms with Gasteiger partial charge in [0.05, 0.1) is 29.7 Å². The van der Waals surface area contributed by atoms with Crippen LogP contribution in [0.15, 0.2) is 36.8 Å². The van der Waals surface area contributed by atoms with E-state index in [9.17, 15) is 9.90 Å². The van der Waals surface area contributed by atoms with Gasteiger partial charge in [0.25, 0.3) is 0 Å². The van der Waals surface area contributed by atoms with Gasteiger partial charge in [-0.05, 0) is 39.2 Å². The number of aliphatic hydroxyl groups is 1. The largest absolute Gasteiger partial charge is 0.459 e. The zero-order chi connectivity index (χ0) is 16.7. The Bertz CT molecular complexity index is 697. The minimum Gasteiger partial charge on any atom is -0.459 e. The molecule has 3 rings (SSSR count). The lowest BCUT2D eigenvalue weighted by atomic mass is 9.89. The number of aromatic nitrogens is 2. The molecule has 1 heterocycles. The zero-order valence-corrected chi connectivity index (χ0v) is 13.7. The van der Waals surface area contributed by atoms with Gasteiger partial charge in [-0.3, -0.25) is 4.79 Å². The van der Waals surface area contributed by atoms with Gasteiger partial charge >= 0.3 is 5.97 Å². The van der Waals surface area contributed by atoms with Crippen molar-refractivity contribution in [2.45, 2.75) is 45.3 Å². The van der Waals surface area contributed by atoms with Crippen LogP contribution in [0.1, 0.15) is 45.3 Å². The molecule has 1 aromatic heterocycles. The zero-order valence-electron chi connectivity index (χ0n) is 13.7. The number of ether oxygens (including phenoxy) is 1. The van der Waals surface area contributed by atoms with Crippen molar-refractivity contribution >= 4 is 5.97 Å². The first kappa shape index (κ1) is 15.7. The number of aliphatic hydroxyl groups excluding tert-OH is 1. The van der Waals surface area contributed by atoms with Gasteiger partial charge in [0.2, 0.25) is 0 Å². The molecule has 122 valence electrons. The molecule has 0 spiro atoms. The molecular formula is C18H22N2O3. The quantitative estimate of drug-likeness (QED) is 0.850. The highest BCUT2D eigenvalue weighted by Crippen LogP contribution is 2.57. The van der Waals surface area contributed by atoms with Crippen molar-refractivity contribution in [1.29, 1.82) is 0 Å². The summed E-state index contributed by atoms with van der Waals surface area (Å²) in [4.78, 5) is 19.6. The molecular weight excluding hydrogens is 292 g/mol. The van der Waals surface area contributed by atoms with Gasteiger partial charge in [-0.1, -0.05) is 24.3 Å². The number of hydrogen-bond acceptors (Lipinski definition) is 4. The highest BCUT2D eigenvalue weighted by Gasteiger charge is 2.58. The molecule has 0 saturated heterocycles. The standard InChI is InChI=1S/C18H22N2O3/c1-17(2,3)23-16(22)18(8-9-18)15(21)13-7-5-4-6-12(13)14-10-19-11-20-14/h4-7,10-11,15,21H,8-9H2,1-3H3,(H,19,20). The molecule has 0 radical (unpaired) electrons. The number of H-pyrrole nitrogens is 1. The Kier molecular flexibility index (Phi) is 3.76. The molecule has 0 bridgehead atoms. The second kappa shape index (κ2) is 5.49. The fourth-order valence-corrected chi connectivity index (χ4v) is 2.79. The number of benzene rings is 1. The number of nitrogens with one attached hydrogen (secondary N) is 1. The van der Waals surface area contributed by atoms with Crippen LogP contribution in [0.2, 0.25) is 0 Å². The number of esters is 1. The van der Waals surface area contributed by atoms with E-state index < -0.39 is 17.1 Å². The van der Waals surface area contributed by atoms with Crippen LogP contribution in [0.4, 0.5) is 0 Å². The monoisotopic (exact) mass is 314 g/mol. The van der Waals surface area contributed by atoms with Crippen molar-refractivity contribution in [2.75, 3.05) is 0 Å². The number of carbonyl (C=O) groups excluding carboxylic acids is 1. The second-order valence-electron chi connectivity index (χ2n) is 7.11. The molecule has 1 aliphatic carbocycles. The number of nitrogens with zero attached hydrogens (tertiary/aromatic N) is 1. The first-order chi connectivity index (χ1) is 10.8. The van der Waals surface area contributed by atoms with E-state index in [1.807, 2.05) is 45.0 Å². The third-order valence-electron chi connectivity index (χ3n) is 4.16. The first-order valence-corrected chi connectivity index (χ1v) is 7.83. The molecule has 5 nitrogen and oxygen atoms in total. The second-order valence-corrected chi connectivity index (χ2v) is 7.11. The van der Waals surface area contributed by atoms with Crippen LogP contribution in [0.25, 0.3) is 11.3 Å². The predicted octanol–water partition coefficient (Wildman–Crippen LogP) is 3.23. The lowest BCUT2D eigenvalue weighted by molar-refractivity contribution is -0.166. The molecule has 1 unspecified atom stereocenters. The lowest BCUT2D eigenvalue weighted by Crippen LogP contribution is -2.33. The Balaban J connectivity index is 1.92. The summed E-state index contributed by atoms with van der Waals surface area (Å²) in [6.07, 6.45) is 3.69. The summed E-state index contributed by atoms with van der Waals surface area (Å²) in [5.41, 5.74) is 1.01. The molecule has 1 aliphatic rings. The minimum atomic E-state index is -0.892. The molecule has 23 heavy (non-hydrogen) atoms. The SMILES string of the molecule is CC(C)(C)OC(=O)C1(C(O)c2ccccc2-c2cnc[nH]2)CC1. The molecule has 1 aromatic carbocycles. The number of aromatic amines is 1. The van der Waals surface area contributed by atoms with Crippen molar-refractivity contribution in [3.05, 3.63) is 42.4 Å². The van der Waals surface area contributed by atoms with Crippen LogP contribution >= 0.6 is 0 Å². The topological polar surface area (TPSA) is 75.2 Å². The third-order valence-corrected chi connectivity index (χ3v) is 4.16. The van der Waals surface area contributed by atoms with E-state index in [0.29, 0.717) is 12.8 Å². The number of carbonyl (C=O) groups is 1. The summed E-state index contributed by atoms with van der Waals surface area (Å²) in [5, 5.41) is 10.9. The predicted molar refractivity (Wildman–Crippen MR) is 86.5 cm³/mol.